The van der Waals surface area contributed by atoms with Crippen molar-refractivity contribution < 1.29 is 14.3 Å². The van der Waals surface area contributed by atoms with Crippen LogP contribution in [-0.4, -0.2) is 25.1 Å². The minimum Gasteiger partial charge on any atom is -0.493 e. The van der Waals surface area contributed by atoms with Crippen molar-refractivity contribution in [1.29, 1.82) is 0 Å². The summed E-state index contributed by atoms with van der Waals surface area (Å²) in [5.74, 6) is 1.26. The molecule has 2 atom stereocenters. The normalized spacial score (nSPS) is 24.5. The molecule has 0 radical (unpaired) electrons. The Morgan fingerprint density at radius 1 is 1.40 bits per heavy atom. The van der Waals surface area contributed by atoms with E-state index in [1.165, 1.54) is 5.56 Å². The second-order valence-electron chi connectivity index (χ2n) is 5.51. The number of halogens is 1. The Hall–Kier alpha value is -0.870. The smallest absolute Gasteiger partial charge is 0.143 e. The van der Waals surface area contributed by atoms with Gasteiger partial charge < -0.3 is 9.47 Å². The first kappa shape index (κ1) is 14.1. The number of ether oxygens (including phenoxy) is 2. The molecular weight excluding hydrogens is 320 g/mol. The van der Waals surface area contributed by atoms with Crippen molar-refractivity contribution in [3.8, 4) is 5.75 Å². The maximum absolute atomic E-state index is 12.5. The summed E-state index contributed by atoms with van der Waals surface area (Å²) in [5, 5.41) is 0. The van der Waals surface area contributed by atoms with Gasteiger partial charge in [0, 0.05) is 35.4 Å². The minimum absolute atomic E-state index is 0.0519. The highest BCUT2D eigenvalue weighted by Crippen LogP contribution is 2.34. The van der Waals surface area contributed by atoms with Crippen molar-refractivity contribution in [2.24, 2.45) is 5.92 Å². The third-order valence-electron chi connectivity index (χ3n) is 4.22. The van der Waals surface area contributed by atoms with Crippen LogP contribution in [0.5, 0.6) is 5.75 Å². The van der Waals surface area contributed by atoms with Gasteiger partial charge in [-0.15, -0.1) is 0 Å². The van der Waals surface area contributed by atoms with Gasteiger partial charge in [-0.3, -0.25) is 4.79 Å². The van der Waals surface area contributed by atoms with E-state index in [0.717, 1.165) is 41.7 Å². The molecule has 2 heterocycles. The van der Waals surface area contributed by atoms with Gasteiger partial charge in [-0.05, 0) is 30.5 Å². The van der Waals surface area contributed by atoms with Crippen LogP contribution >= 0.6 is 15.9 Å². The first-order valence-electron chi connectivity index (χ1n) is 7.27. The van der Waals surface area contributed by atoms with Crippen LogP contribution in [0.2, 0.25) is 0 Å². The van der Waals surface area contributed by atoms with E-state index >= 15 is 0 Å². The first-order chi connectivity index (χ1) is 9.69. The summed E-state index contributed by atoms with van der Waals surface area (Å²) in [6.07, 6.45) is 3.24. The summed E-state index contributed by atoms with van der Waals surface area (Å²) in [4.78, 5) is 12.5. The molecular formula is C16H19BrO3. The lowest BCUT2D eigenvalue weighted by atomic mass is 9.90. The highest BCUT2D eigenvalue weighted by atomic mass is 79.9. The average molecular weight is 339 g/mol. The number of hydrogen-bond acceptors (Lipinski definition) is 3. The van der Waals surface area contributed by atoms with Crippen molar-refractivity contribution in [3.63, 3.8) is 0 Å². The zero-order chi connectivity index (χ0) is 14.1. The monoisotopic (exact) mass is 338 g/mol. The lowest BCUT2D eigenvalue weighted by Crippen LogP contribution is -2.25. The van der Waals surface area contributed by atoms with Gasteiger partial charge in [0.05, 0.1) is 12.7 Å². The molecule has 20 heavy (non-hydrogen) atoms. The van der Waals surface area contributed by atoms with Gasteiger partial charge in [-0.25, -0.2) is 0 Å². The van der Waals surface area contributed by atoms with Gasteiger partial charge in [-0.1, -0.05) is 22.9 Å². The fourth-order valence-electron chi connectivity index (χ4n) is 3.22. The zero-order valence-corrected chi connectivity index (χ0v) is 13.2. The number of benzene rings is 1. The Kier molecular flexibility index (Phi) is 4.13. The van der Waals surface area contributed by atoms with Gasteiger partial charge in [0.2, 0.25) is 0 Å². The summed E-state index contributed by atoms with van der Waals surface area (Å²) < 4.78 is 12.4. The molecule has 0 N–H and O–H groups in total. The molecule has 1 aromatic carbocycles. The molecule has 4 heteroatoms. The van der Waals surface area contributed by atoms with Crippen LogP contribution < -0.4 is 4.74 Å². The highest BCUT2D eigenvalue weighted by molar-refractivity contribution is 9.10. The van der Waals surface area contributed by atoms with Gasteiger partial charge in [0.25, 0.3) is 0 Å². The standard InChI is InChI=1S/C16H19BrO3/c1-2-15-13(4-6-19-15)14(18)9-11-8-12(17)7-10-3-5-20-16(10)11/h7-8,13,15H,2-6,9H2,1H3. The summed E-state index contributed by atoms with van der Waals surface area (Å²) in [7, 11) is 0. The van der Waals surface area contributed by atoms with Gasteiger partial charge in [0.1, 0.15) is 11.5 Å². The SMILES string of the molecule is CCC1OCCC1C(=O)Cc1cc(Br)cc2c1OCC2. The highest BCUT2D eigenvalue weighted by Gasteiger charge is 2.33. The summed E-state index contributed by atoms with van der Waals surface area (Å²) >= 11 is 3.52. The molecule has 0 bridgehead atoms. The molecule has 0 saturated carbocycles. The average Bonchev–Trinajstić information content (AvgIpc) is 3.06. The van der Waals surface area contributed by atoms with Crippen LogP contribution in [0.4, 0.5) is 0 Å². The van der Waals surface area contributed by atoms with E-state index in [9.17, 15) is 4.79 Å². The number of rotatable bonds is 4. The predicted octanol–water partition coefficient (Wildman–Crippen LogP) is 3.31. The minimum atomic E-state index is 0.0519. The fraction of sp³-hybridized carbons (Fsp3) is 0.562. The molecule has 0 amide bonds. The maximum atomic E-state index is 12.5. The van der Waals surface area contributed by atoms with Crippen molar-refractivity contribution in [2.75, 3.05) is 13.2 Å². The molecule has 0 aliphatic carbocycles. The Morgan fingerprint density at radius 2 is 2.25 bits per heavy atom. The van der Waals surface area contributed by atoms with Crippen molar-refractivity contribution >= 4 is 21.7 Å². The van der Waals surface area contributed by atoms with E-state index in [1.807, 2.05) is 6.07 Å². The van der Waals surface area contributed by atoms with E-state index in [4.69, 9.17) is 9.47 Å². The van der Waals surface area contributed by atoms with E-state index in [0.29, 0.717) is 13.0 Å². The van der Waals surface area contributed by atoms with Crippen LogP contribution in [0, 0.1) is 5.92 Å². The number of hydrogen-bond donors (Lipinski definition) is 0. The van der Waals surface area contributed by atoms with Crippen molar-refractivity contribution in [1.82, 2.24) is 0 Å². The van der Waals surface area contributed by atoms with Crippen molar-refractivity contribution in [2.45, 2.75) is 38.7 Å². The van der Waals surface area contributed by atoms with Crippen LogP contribution in [0.3, 0.4) is 0 Å². The summed E-state index contributed by atoms with van der Waals surface area (Å²) in [5.41, 5.74) is 2.22. The number of carbonyl (C=O) groups excluding carboxylic acids is 1. The molecule has 2 unspecified atom stereocenters. The van der Waals surface area contributed by atoms with E-state index < -0.39 is 0 Å². The number of carbonyl (C=O) groups is 1. The quantitative estimate of drug-likeness (QED) is 0.844. The number of Topliss-reactive ketones (excluding diaryl/α,β-unsaturated/α-hetero) is 1. The molecule has 3 rings (SSSR count). The lowest BCUT2D eigenvalue weighted by molar-refractivity contribution is -0.123. The van der Waals surface area contributed by atoms with Crippen LogP contribution in [0.25, 0.3) is 0 Å². The fourth-order valence-corrected chi connectivity index (χ4v) is 3.77. The Balaban J connectivity index is 1.80. The Morgan fingerprint density at radius 3 is 3.05 bits per heavy atom. The molecule has 1 aromatic rings. The van der Waals surface area contributed by atoms with E-state index in [1.54, 1.807) is 0 Å². The summed E-state index contributed by atoms with van der Waals surface area (Å²) in [6.45, 7) is 3.51. The molecule has 0 spiro atoms. The van der Waals surface area contributed by atoms with Gasteiger partial charge >= 0.3 is 0 Å². The van der Waals surface area contributed by atoms with E-state index in [2.05, 4.69) is 28.9 Å². The maximum Gasteiger partial charge on any atom is 0.143 e. The second kappa shape index (κ2) is 5.86. The molecule has 2 aliphatic rings. The third kappa shape index (κ3) is 2.63. The zero-order valence-electron chi connectivity index (χ0n) is 11.7. The van der Waals surface area contributed by atoms with E-state index in [-0.39, 0.29) is 17.8 Å². The molecule has 1 fully saturated rings. The topological polar surface area (TPSA) is 35.5 Å². The molecule has 1 saturated heterocycles. The van der Waals surface area contributed by atoms with Crippen LogP contribution in [0.1, 0.15) is 30.9 Å². The number of ketones is 1. The number of fused-ring (bicyclic) bond motifs is 1. The Bertz CT molecular complexity index is 527. The second-order valence-corrected chi connectivity index (χ2v) is 6.42. The van der Waals surface area contributed by atoms with Crippen molar-refractivity contribution in [3.05, 3.63) is 27.7 Å². The molecule has 108 valence electrons. The predicted molar refractivity (Wildman–Crippen MR) is 80.2 cm³/mol. The Labute approximate surface area is 127 Å². The van der Waals surface area contributed by atoms with Crippen LogP contribution in [-0.2, 0) is 22.4 Å². The van der Waals surface area contributed by atoms with Crippen LogP contribution in [0.15, 0.2) is 16.6 Å². The lowest BCUT2D eigenvalue weighted by Gasteiger charge is -2.16. The van der Waals surface area contributed by atoms with Gasteiger partial charge in [0.15, 0.2) is 0 Å². The largest absolute Gasteiger partial charge is 0.493 e. The molecule has 0 aromatic heterocycles. The van der Waals surface area contributed by atoms with Gasteiger partial charge in [-0.2, -0.15) is 0 Å². The third-order valence-corrected chi connectivity index (χ3v) is 4.67. The molecule has 3 nitrogen and oxygen atoms in total. The first-order valence-corrected chi connectivity index (χ1v) is 8.06. The summed E-state index contributed by atoms with van der Waals surface area (Å²) in [6, 6.07) is 4.10. The molecule has 2 aliphatic heterocycles.